The molecule has 2 aromatic rings. The summed E-state index contributed by atoms with van der Waals surface area (Å²) in [5.74, 6) is -0.119. The molecule has 9 heteroatoms. The van der Waals surface area contributed by atoms with Crippen LogP contribution in [0.2, 0.25) is 0 Å². The summed E-state index contributed by atoms with van der Waals surface area (Å²) in [5.41, 5.74) is 0.215. The molecule has 1 aliphatic heterocycles. The number of piperidine rings is 1. The maximum absolute atomic E-state index is 13.4. The Balaban J connectivity index is 1.25. The van der Waals surface area contributed by atoms with Gasteiger partial charge in [0, 0.05) is 31.9 Å². The van der Waals surface area contributed by atoms with Crippen molar-refractivity contribution in [1.29, 1.82) is 0 Å². The van der Waals surface area contributed by atoms with Crippen LogP contribution in [0, 0.1) is 23.5 Å². The predicted molar refractivity (Wildman–Crippen MR) is 134 cm³/mol. The summed E-state index contributed by atoms with van der Waals surface area (Å²) in [6.45, 7) is 6.02. The third kappa shape index (κ3) is 7.35. The number of aromatic nitrogens is 2. The number of nitrogens with one attached hydrogen (secondary N) is 2. The van der Waals surface area contributed by atoms with E-state index in [-0.39, 0.29) is 17.9 Å². The number of imidazole rings is 1. The second kappa shape index (κ2) is 12.4. The minimum absolute atomic E-state index is 0.213. The number of anilines is 1. The van der Waals surface area contributed by atoms with Crippen molar-refractivity contribution in [2.75, 3.05) is 25.0 Å². The summed E-state index contributed by atoms with van der Waals surface area (Å²) in [6, 6.07) is 2.22. The van der Waals surface area contributed by atoms with Gasteiger partial charge in [0.25, 0.3) is 0 Å². The average molecular weight is 502 g/mol. The lowest BCUT2D eigenvalue weighted by Gasteiger charge is -2.41. The van der Waals surface area contributed by atoms with E-state index in [4.69, 9.17) is 0 Å². The van der Waals surface area contributed by atoms with Crippen LogP contribution in [0.5, 0.6) is 0 Å². The summed E-state index contributed by atoms with van der Waals surface area (Å²) in [6.07, 6.45) is 11.2. The highest BCUT2D eigenvalue weighted by Gasteiger charge is 2.30. The molecule has 1 saturated heterocycles. The number of carbonyl (C=O) groups excluding carboxylic acids is 2. The molecule has 7 nitrogen and oxygen atoms in total. The molecule has 1 aliphatic carbocycles. The third-order valence-corrected chi connectivity index (χ3v) is 7.45. The molecule has 36 heavy (non-hydrogen) atoms. The van der Waals surface area contributed by atoms with E-state index < -0.39 is 23.6 Å². The minimum Gasteiger partial charge on any atom is -0.344 e. The van der Waals surface area contributed by atoms with Crippen LogP contribution in [-0.2, 0) is 22.6 Å². The lowest BCUT2D eigenvalue weighted by Crippen LogP contribution is -2.44. The molecule has 2 aliphatic rings. The summed E-state index contributed by atoms with van der Waals surface area (Å²) in [7, 11) is 0. The molecule has 0 bridgehead atoms. The van der Waals surface area contributed by atoms with Gasteiger partial charge in [-0.1, -0.05) is 32.6 Å². The van der Waals surface area contributed by atoms with Gasteiger partial charge in [-0.25, -0.2) is 13.8 Å². The van der Waals surface area contributed by atoms with E-state index in [1.165, 1.54) is 38.6 Å². The van der Waals surface area contributed by atoms with E-state index >= 15 is 0 Å². The standard InChI is InChI=1S/C27H37F2N5O2/c1-2-5-24(31-26(35)14-19-12-22(28)15-23(29)13-19)27(36)32-25-17-34(18-30-25)11-10-33-9-8-20-6-3-4-7-21(20)16-33/h12-13,15,17-18,20-21,24H,2-11,14,16H2,1H3,(H,31,35)(H,32,36)/t20?,21?,24-/m0/s1. The van der Waals surface area contributed by atoms with Gasteiger partial charge in [-0.3, -0.25) is 9.59 Å². The van der Waals surface area contributed by atoms with Crippen molar-refractivity contribution in [1.82, 2.24) is 19.8 Å². The van der Waals surface area contributed by atoms with Crippen LogP contribution in [0.15, 0.2) is 30.7 Å². The Bertz CT molecular complexity index is 1020. The first kappa shape index (κ1) is 26.3. The summed E-state index contributed by atoms with van der Waals surface area (Å²) in [4.78, 5) is 32.1. The van der Waals surface area contributed by atoms with Gasteiger partial charge in [-0.2, -0.15) is 0 Å². The number of nitrogens with zero attached hydrogens (tertiary/aromatic N) is 3. The van der Waals surface area contributed by atoms with Crippen LogP contribution in [0.3, 0.4) is 0 Å². The van der Waals surface area contributed by atoms with Gasteiger partial charge in [0.1, 0.15) is 17.7 Å². The van der Waals surface area contributed by atoms with Crippen molar-refractivity contribution in [3.8, 4) is 0 Å². The summed E-state index contributed by atoms with van der Waals surface area (Å²) >= 11 is 0. The van der Waals surface area contributed by atoms with Crippen molar-refractivity contribution in [3.63, 3.8) is 0 Å². The van der Waals surface area contributed by atoms with Gasteiger partial charge in [-0.05, 0) is 55.3 Å². The van der Waals surface area contributed by atoms with Gasteiger partial charge >= 0.3 is 0 Å². The molecule has 2 heterocycles. The minimum atomic E-state index is -0.761. The van der Waals surface area contributed by atoms with Crippen molar-refractivity contribution < 1.29 is 18.4 Å². The van der Waals surface area contributed by atoms with Gasteiger partial charge in [0.05, 0.1) is 12.7 Å². The second-order valence-electron chi connectivity index (χ2n) is 10.2. The molecule has 0 radical (unpaired) electrons. The van der Waals surface area contributed by atoms with E-state index in [1.54, 1.807) is 6.33 Å². The molecule has 2 fully saturated rings. The van der Waals surface area contributed by atoms with E-state index in [2.05, 4.69) is 20.5 Å². The van der Waals surface area contributed by atoms with Gasteiger partial charge in [-0.15, -0.1) is 0 Å². The van der Waals surface area contributed by atoms with Gasteiger partial charge in [0.15, 0.2) is 5.82 Å². The van der Waals surface area contributed by atoms with Crippen LogP contribution in [0.25, 0.3) is 0 Å². The lowest BCUT2D eigenvalue weighted by atomic mass is 9.75. The number of hydrogen-bond donors (Lipinski definition) is 2. The molecule has 2 amide bonds. The second-order valence-corrected chi connectivity index (χ2v) is 10.2. The number of rotatable bonds is 10. The number of halogens is 2. The molecular formula is C27H37F2N5O2. The van der Waals surface area contributed by atoms with Crippen molar-refractivity contribution in [3.05, 3.63) is 47.9 Å². The zero-order valence-corrected chi connectivity index (χ0v) is 21.0. The number of likely N-dealkylation sites (tertiary alicyclic amines) is 1. The number of carbonyl (C=O) groups is 2. The highest BCUT2D eigenvalue weighted by atomic mass is 19.1. The smallest absolute Gasteiger partial charge is 0.248 e. The zero-order chi connectivity index (χ0) is 25.5. The van der Waals surface area contributed by atoms with Gasteiger partial charge < -0.3 is 20.1 Å². The van der Waals surface area contributed by atoms with Crippen LogP contribution in [0.4, 0.5) is 14.6 Å². The highest BCUT2D eigenvalue weighted by Crippen LogP contribution is 2.35. The number of hydrogen-bond acceptors (Lipinski definition) is 4. The zero-order valence-electron chi connectivity index (χ0n) is 21.0. The monoisotopic (exact) mass is 501 g/mol. The Kier molecular flexibility index (Phi) is 9.07. The Morgan fingerprint density at radius 1 is 1.08 bits per heavy atom. The Morgan fingerprint density at radius 3 is 2.58 bits per heavy atom. The molecule has 0 spiro atoms. The van der Waals surface area contributed by atoms with Crippen LogP contribution < -0.4 is 10.6 Å². The fourth-order valence-corrected chi connectivity index (χ4v) is 5.60. The summed E-state index contributed by atoms with van der Waals surface area (Å²) in [5, 5.41) is 5.48. The van der Waals surface area contributed by atoms with E-state index in [9.17, 15) is 18.4 Å². The molecule has 4 rings (SSSR count). The fourth-order valence-electron chi connectivity index (χ4n) is 5.60. The highest BCUT2D eigenvalue weighted by molar-refractivity contribution is 5.96. The van der Waals surface area contributed by atoms with Crippen molar-refractivity contribution in [2.45, 2.75) is 70.9 Å². The molecule has 3 atom stereocenters. The van der Waals surface area contributed by atoms with Crippen LogP contribution in [-0.4, -0.2) is 51.9 Å². The molecular weight excluding hydrogens is 464 g/mol. The molecule has 1 aromatic heterocycles. The summed E-state index contributed by atoms with van der Waals surface area (Å²) < 4.78 is 28.8. The Morgan fingerprint density at radius 2 is 1.83 bits per heavy atom. The number of benzene rings is 1. The third-order valence-electron chi connectivity index (χ3n) is 7.45. The van der Waals surface area contributed by atoms with Crippen LogP contribution in [0.1, 0.15) is 57.4 Å². The van der Waals surface area contributed by atoms with E-state index in [1.807, 2.05) is 17.7 Å². The van der Waals surface area contributed by atoms with E-state index in [0.717, 1.165) is 49.7 Å². The van der Waals surface area contributed by atoms with Crippen LogP contribution >= 0.6 is 0 Å². The molecule has 196 valence electrons. The number of fused-ring (bicyclic) bond motifs is 1. The number of amides is 2. The SMILES string of the molecule is CCC[C@H](NC(=O)Cc1cc(F)cc(F)c1)C(=O)Nc1cn(CCN2CCC3CCCCC3C2)cn1. The Labute approximate surface area is 211 Å². The topological polar surface area (TPSA) is 79.3 Å². The van der Waals surface area contributed by atoms with Crippen molar-refractivity contribution in [2.24, 2.45) is 11.8 Å². The lowest BCUT2D eigenvalue weighted by molar-refractivity contribution is -0.126. The van der Waals surface area contributed by atoms with Gasteiger partial charge in [0.2, 0.25) is 11.8 Å². The normalized spacial score (nSPS) is 21.0. The van der Waals surface area contributed by atoms with Crippen molar-refractivity contribution >= 4 is 17.6 Å². The molecule has 1 aromatic carbocycles. The predicted octanol–water partition coefficient (Wildman–Crippen LogP) is 4.14. The molecule has 1 saturated carbocycles. The maximum Gasteiger partial charge on any atom is 0.248 e. The molecule has 2 unspecified atom stereocenters. The first-order valence-electron chi connectivity index (χ1n) is 13.2. The Hall–Kier alpha value is -2.81. The molecule has 2 N–H and O–H groups in total. The first-order chi connectivity index (χ1) is 17.4. The first-order valence-corrected chi connectivity index (χ1v) is 13.2. The average Bonchev–Trinajstić information content (AvgIpc) is 3.28. The largest absolute Gasteiger partial charge is 0.344 e. The quantitative estimate of drug-likeness (QED) is 0.513. The maximum atomic E-state index is 13.4. The van der Waals surface area contributed by atoms with E-state index in [0.29, 0.717) is 18.7 Å². The fraction of sp³-hybridized carbons (Fsp3) is 0.593.